The zero-order valence-electron chi connectivity index (χ0n) is 14.3. The minimum Gasteiger partial charge on any atom is -0.352 e. The summed E-state index contributed by atoms with van der Waals surface area (Å²) in [5, 5.41) is 0. The van der Waals surface area contributed by atoms with Gasteiger partial charge < -0.3 is 9.47 Å². The molecule has 1 saturated heterocycles. The van der Waals surface area contributed by atoms with Gasteiger partial charge in [0, 0.05) is 23.5 Å². The van der Waals surface area contributed by atoms with Crippen LogP contribution in [0.25, 0.3) is 11.1 Å². The van der Waals surface area contributed by atoms with E-state index in [0.29, 0.717) is 32.0 Å². The summed E-state index contributed by atoms with van der Waals surface area (Å²) in [5.74, 6) is -1.47. The van der Waals surface area contributed by atoms with E-state index in [1.165, 1.54) is 13.0 Å². The van der Waals surface area contributed by atoms with E-state index >= 15 is 0 Å². The molecule has 1 aliphatic rings. The molecular weight excluding hydrogens is 329 g/mol. The third-order valence-electron chi connectivity index (χ3n) is 4.43. The van der Waals surface area contributed by atoms with Crippen molar-refractivity contribution in [3.8, 4) is 11.1 Å². The van der Waals surface area contributed by atoms with Gasteiger partial charge in [0.15, 0.2) is 6.29 Å². The molecule has 0 amide bonds. The van der Waals surface area contributed by atoms with E-state index in [4.69, 9.17) is 9.47 Å². The first-order valence-corrected chi connectivity index (χ1v) is 8.41. The van der Waals surface area contributed by atoms with Crippen molar-refractivity contribution in [2.75, 3.05) is 13.2 Å². The number of halogens is 3. The van der Waals surface area contributed by atoms with E-state index in [1.807, 2.05) is 0 Å². The maximum Gasteiger partial charge on any atom is 0.157 e. The molecule has 1 heterocycles. The molecule has 25 heavy (non-hydrogen) atoms. The average Bonchev–Trinajstić information content (AvgIpc) is 2.59. The number of rotatable bonds is 4. The monoisotopic (exact) mass is 350 g/mol. The van der Waals surface area contributed by atoms with Gasteiger partial charge in [0.2, 0.25) is 0 Å². The molecule has 0 atom stereocenters. The van der Waals surface area contributed by atoms with Gasteiger partial charge in [0.25, 0.3) is 0 Å². The quantitative estimate of drug-likeness (QED) is 0.771. The molecule has 2 aromatic rings. The first-order chi connectivity index (χ1) is 11.9. The molecule has 0 bridgehead atoms. The minimum absolute atomic E-state index is 0.0671. The van der Waals surface area contributed by atoms with Crippen LogP contribution in [0.1, 0.15) is 24.5 Å². The molecule has 0 N–H and O–H groups in total. The van der Waals surface area contributed by atoms with Gasteiger partial charge in [0.05, 0.1) is 13.2 Å². The molecule has 134 valence electrons. The lowest BCUT2D eigenvalue weighted by Gasteiger charge is -2.27. The Labute approximate surface area is 145 Å². The Kier molecular flexibility index (Phi) is 5.45. The van der Waals surface area contributed by atoms with Crippen LogP contribution in [-0.4, -0.2) is 19.5 Å². The molecule has 0 aliphatic carbocycles. The molecule has 1 fully saturated rings. The largest absolute Gasteiger partial charge is 0.352 e. The molecule has 0 spiro atoms. The molecule has 0 radical (unpaired) electrons. The Balaban J connectivity index is 1.71. The molecule has 2 aromatic carbocycles. The van der Waals surface area contributed by atoms with Crippen molar-refractivity contribution in [1.82, 2.24) is 0 Å². The van der Waals surface area contributed by atoms with Crippen LogP contribution in [0.2, 0.25) is 0 Å². The maximum atomic E-state index is 14.4. The van der Waals surface area contributed by atoms with Gasteiger partial charge in [0.1, 0.15) is 17.5 Å². The van der Waals surface area contributed by atoms with E-state index in [-0.39, 0.29) is 23.0 Å². The average molecular weight is 350 g/mol. The summed E-state index contributed by atoms with van der Waals surface area (Å²) in [6.07, 6.45) is 0.978. The zero-order chi connectivity index (χ0) is 18.0. The smallest absolute Gasteiger partial charge is 0.157 e. The SMILES string of the molecule is Cc1c(F)cc(-c2ccc(CCC3OCC(C)CO3)cc2F)cc1F. The van der Waals surface area contributed by atoms with Gasteiger partial charge in [-0.1, -0.05) is 19.1 Å². The van der Waals surface area contributed by atoms with Crippen LogP contribution in [0, 0.1) is 30.3 Å². The topological polar surface area (TPSA) is 18.5 Å². The second kappa shape index (κ2) is 7.58. The van der Waals surface area contributed by atoms with Crippen molar-refractivity contribution >= 4 is 0 Å². The van der Waals surface area contributed by atoms with Gasteiger partial charge in [-0.25, -0.2) is 13.2 Å². The fourth-order valence-electron chi connectivity index (χ4n) is 2.84. The standard InChI is InChI=1S/C20H21F3O2/c1-12-10-24-20(25-11-12)6-4-14-3-5-16(19(23)7-14)15-8-17(21)13(2)18(22)9-15/h3,5,7-9,12,20H,4,6,10-11H2,1-2H3. The maximum absolute atomic E-state index is 14.4. The summed E-state index contributed by atoms with van der Waals surface area (Å²) in [4.78, 5) is 0. The summed E-state index contributed by atoms with van der Waals surface area (Å²) in [7, 11) is 0. The first-order valence-electron chi connectivity index (χ1n) is 8.41. The fourth-order valence-corrected chi connectivity index (χ4v) is 2.84. The predicted molar refractivity (Wildman–Crippen MR) is 89.7 cm³/mol. The van der Waals surface area contributed by atoms with Gasteiger partial charge in [-0.15, -0.1) is 0 Å². The fraction of sp³-hybridized carbons (Fsp3) is 0.400. The zero-order valence-corrected chi connectivity index (χ0v) is 14.3. The molecule has 0 saturated carbocycles. The third kappa shape index (κ3) is 4.22. The molecular formula is C20H21F3O2. The Bertz CT molecular complexity index is 730. The van der Waals surface area contributed by atoms with E-state index in [2.05, 4.69) is 6.92 Å². The van der Waals surface area contributed by atoms with Crippen LogP contribution in [0.4, 0.5) is 13.2 Å². The summed E-state index contributed by atoms with van der Waals surface area (Å²) in [6, 6.07) is 7.03. The molecule has 5 heteroatoms. The van der Waals surface area contributed by atoms with Crippen LogP contribution in [0.5, 0.6) is 0 Å². The third-order valence-corrected chi connectivity index (χ3v) is 4.43. The van der Waals surface area contributed by atoms with Crippen LogP contribution < -0.4 is 0 Å². The first kappa shape index (κ1) is 18.0. The van der Waals surface area contributed by atoms with Crippen LogP contribution >= 0.6 is 0 Å². The number of hydrogen-bond donors (Lipinski definition) is 0. The number of aryl methyl sites for hydroxylation is 1. The lowest BCUT2D eigenvalue weighted by molar-refractivity contribution is -0.199. The Hall–Kier alpha value is -1.85. The minimum atomic E-state index is -0.681. The van der Waals surface area contributed by atoms with Gasteiger partial charge in [-0.2, -0.15) is 0 Å². The lowest BCUT2D eigenvalue weighted by Crippen LogP contribution is -2.30. The second-order valence-corrected chi connectivity index (χ2v) is 6.62. The normalized spacial score (nSPS) is 20.7. The molecule has 1 aliphatic heterocycles. The highest BCUT2D eigenvalue weighted by Gasteiger charge is 2.19. The summed E-state index contributed by atoms with van der Waals surface area (Å²) in [5.41, 5.74) is 1.10. The highest BCUT2D eigenvalue weighted by molar-refractivity contribution is 5.65. The summed E-state index contributed by atoms with van der Waals surface area (Å²) < 4.78 is 53.0. The highest BCUT2D eigenvalue weighted by atomic mass is 19.1. The number of hydrogen-bond acceptors (Lipinski definition) is 2. The second-order valence-electron chi connectivity index (χ2n) is 6.62. The van der Waals surface area contributed by atoms with Crippen molar-refractivity contribution in [3.63, 3.8) is 0 Å². The van der Waals surface area contributed by atoms with Gasteiger partial charge in [-0.3, -0.25) is 0 Å². The van der Waals surface area contributed by atoms with Crippen LogP contribution in [-0.2, 0) is 15.9 Å². The molecule has 0 aromatic heterocycles. The molecule has 2 nitrogen and oxygen atoms in total. The van der Waals surface area contributed by atoms with Crippen molar-refractivity contribution < 1.29 is 22.6 Å². The summed E-state index contributed by atoms with van der Waals surface area (Å²) in [6.45, 7) is 4.75. The van der Waals surface area contributed by atoms with Crippen molar-refractivity contribution in [1.29, 1.82) is 0 Å². The predicted octanol–water partition coefficient (Wildman–Crippen LogP) is 5.02. The van der Waals surface area contributed by atoms with Gasteiger partial charge >= 0.3 is 0 Å². The van der Waals surface area contributed by atoms with E-state index in [9.17, 15) is 13.2 Å². The highest BCUT2D eigenvalue weighted by Crippen LogP contribution is 2.27. The molecule has 0 unspecified atom stereocenters. The Morgan fingerprint density at radius 1 is 0.960 bits per heavy atom. The number of benzene rings is 2. The molecule has 3 rings (SSSR count). The van der Waals surface area contributed by atoms with Crippen molar-refractivity contribution in [2.45, 2.75) is 33.0 Å². The van der Waals surface area contributed by atoms with E-state index < -0.39 is 17.5 Å². The van der Waals surface area contributed by atoms with Crippen molar-refractivity contribution in [3.05, 3.63) is 58.9 Å². The lowest BCUT2D eigenvalue weighted by atomic mass is 9.99. The van der Waals surface area contributed by atoms with Crippen LogP contribution in [0.15, 0.2) is 30.3 Å². The van der Waals surface area contributed by atoms with Gasteiger partial charge in [-0.05, 0) is 42.7 Å². The summed E-state index contributed by atoms with van der Waals surface area (Å²) >= 11 is 0. The van der Waals surface area contributed by atoms with Crippen molar-refractivity contribution in [2.24, 2.45) is 5.92 Å². The Morgan fingerprint density at radius 2 is 1.60 bits per heavy atom. The van der Waals surface area contributed by atoms with E-state index in [1.54, 1.807) is 12.1 Å². The van der Waals surface area contributed by atoms with E-state index in [0.717, 1.165) is 17.7 Å². The van der Waals surface area contributed by atoms with Crippen LogP contribution in [0.3, 0.4) is 0 Å². The Morgan fingerprint density at radius 3 is 2.20 bits per heavy atom. The number of ether oxygens (including phenoxy) is 2.